The SMILES string of the molecule is COC(=O)c1ccc2c(C3CCCCC3)c3n(c2c1)CC(C(=O)N1CC2CCC1CN2C)=Cc1ccccc1-3. The van der Waals surface area contributed by atoms with Crippen LogP contribution in [0, 0.1) is 0 Å². The number of hydrogen-bond acceptors (Lipinski definition) is 4. The monoisotopic (exact) mass is 523 g/mol. The van der Waals surface area contributed by atoms with Crippen molar-refractivity contribution in [3.05, 3.63) is 64.7 Å². The van der Waals surface area contributed by atoms with Gasteiger partial charge in [-0.05, 0) is 68.0 Å². The predicted molar refractivity (Wildman–Crippen MR) is 154 cm³/mol. The van der Waals surface area contributed by atoms with Crippen molar-refractivity contribution < 1.29 is 14.3 Å². The van der Waals surface area contributed by atoms with Gasteiger partial charge in [-0.2, -0.15) is 0 Å². The van der Waals surface area contributed by atoms with Gasteiger partial charge in [-0.3, -0.25) is 9.69 Å². The Bertz CT molecular complexity index is 1500. The van der Waals surface area contributed by atoms with Crippen LogP contribution in [0.1, 0.15) is 72.3 Å². The number of aromatic nitrogens is 1. The molecule has 2 unspecified atom stereocenters. The van der Waals surface area contributed by atoms with E-state index in [1.54, 1.807) is 0 Å². The first-order chi connectivity index (χ1) is 19.0. The summed E-state index contributed by atoms with van der Waals surface area (Å²) in [7, 11) is 3.61. The zero-order valence-corrected chi connectivity index (χ0v) is 23.0. The van der Waals surface area contributed by atoms with Crippen molar-refractivity contribution in [1.82, 2.24) is 14.4 Å². The predicted octanol–water partition coefficient (Wildman–Crippen LogP) is 5.84. The molecule has 0 N–H and O–H groups in total. The summed E-state index contributed by atoms with van der Waals surface area (Å²) in [5.41, 5.74) is 7.27. The molecule has 2 atom stereocenters. The van der Waals surface area contributed by atoms with E-state index < -0.39 is 0 Å². The van der Waals surface area contributed by atoms with Crippen molar-refractivity contribution >= 4 is 28.9 Å². The Morgan fingerprint density at radius 3 is 2.46 bits per heavy atom. The second kappa shape index (κ2) is 9.67. The van der Waals surface area contributed by atoms with Gasteiger partial charge in [0.1, 0.15) is 0 Å². The minimum Gasteiger partial charge on any atom is -0.465 e. The van der Waals surface area contributed by atoms with Crippen molar-refractivity contribution in [2.75, 3.05) is 27.2 Å². The highest BCUT2D eigenvalue weighted by Gasteiger charge is 2.41. The van der Waals surface area contributed by atoms with Crippen LogP contribution in [0.4, 0.5) is 0 Å². The molecule has 3 saturated heterocycles. The van der Waals surface area contributed by atoms with Crippen molar-refractivity contribution in [2.45, 2.75) is 69.5 Å². The highest BCUT2D eigenvalue weighted by molar-refractivity contribution is 6.03. The molecule has 1 amide bonds. The molecule has 1 saturated carbocycles. The number of amides is 1. The van der Waals surface area contributed by atoms with E-state index >= 15 is 0 Å². The molecule has 0 radical (unpaired) electrons. The lowest BCUT2D eigenvalue weighted by Crippen LogP contribution is -2.63. The molecule has 4 aliphatic heterocycles. The number of piperidine rings is 2. The van der Waals surface area contributed by atoms with Crippen LogP contribution >= 0.6 is 0 Å². The van der Waals surface area contributed by atoms with E-state index in [2.05, 4.69) is 57.8 Å². The number of nitrogens with zero attached hydrogens (tertiary/aromatic N) is 3. The topological polar surface area (TPSA) is 54.8 Å². The van der Waals surface area contributed by atoms with Crippen LogP contribution in [0.3, 0.4) is 0 Å². The first-order valence-electron chi connectivity index (χ1n) is 14.6. The number of fused-ring (bicyclic) bond motifs is 8. The molecule has 39 heavy (non-hydrogen) atoms. The smallest absolute Gasteiger partial charge is 0.337 e. The first kappa shape index (κ1) is 24.6. The normalized spacial score (nSPS) is 23.2. The largest absolute Gasteiger partial charge is 0.465 e. The molecule has 6 nitrogen and oxygen atoms in total. The van der Waals surface area contributed by atoms with Crippen LogP contribution in [0.2, 0.25) is 0 Å². The van der Waals surface area contributed by atoms with E-state index in [0.29, 0.717) is 24.1 Å². The van der Waals surface area contributed by atoms with E-state index in [4.69, 9.17) is 4.74 Å². The Morgan fingerprint density at radius 2 is 1.72 bits per heavy atom. The molecule has 5 heterocycles. The molecule has 3 aromatic rings. The van der Waals surface area contributed by atoms with E-state index in [9.17, 15) is 9.59 Å². The van der Waals surface area contributed by atoms with Crippen LogP contribution in [-0.2, 0) is 16.1 Å². The van der Waals surface area contributed by atoms with E-state index in [0.717, 1.165) is 36.2 Å². The number of likely N-dealkylation sites (N-methyl/N-ethyl adjacent to an activating group) is 1. The number of esters is 1. The third kappa shape index (κ3) is 4.03. The zero-order chi connectivity index (χ0) is 26.7. The third-order valence-electron chi connectivity index (χ3n) is 9.75. The average Bonchev–Trinajstić information content (AvgIpc) is 3.19. The van der Waals surface area contributed by atoms with Crippen LogP contribution in [-0.4, -0.2) is 65.6 Å². The molecule has 2 aromatic carbocycles. The minimum absolute atomic E-state index is 0.158. The van der Waals surface area contributed by atoms with E-state index in [1.165, 1.54) is 67.8 Å². The van der Waals surface area contributed by atoms with Gasteiger partial charge in [0.2, 0.25) is 0 Å². The maximum atomic E-state index is 14.2. The van der Waals surface area contributed by atoms with E-state index in [-0.39, 0.29) is 17.9 Å². The Balaban J connectivity index is 1.41. The lowest BCUT2D eigenvalue weighted by molar-refractivity contribution is -0.136. The quantitative estimate of drug-likeness (QED) is 0.405. The summed E-state index contributed by atoms with van der Waals surface area (Å²) in [6.07, 6.45) is 10.5. The summed E-state index contributed by atoms with van der Waals surface area (Å²) >= 11 is 0. The Labute approximate surface area is 230 Å². The average molecular weight is 524 g/mol. The van der Waals surface area contributed by atoms with Crippen molar-refractivity contribution in [3.8, 4) is 11.3 Å². The molecule has 1 aliphatic carbocycles. The van der Waals surface area contributed by atoms with Crippen LogP contribution in [0.25, 0.3) is 28.2 Å². The molecule has 8 rings (SSSR count). The minimum atomic E-state index is -0.332. The van der Waals surface area contributed by atoms with Gasteiger partial charge >= 0.3 is 5.97 Å². The van der Waals surface area contributed by atoms with Gasteiger partial charge in [0.25, 0.3) is 5.91 Å². The van der Waals surface area contributed by atoms with E-state index in [1.807, 2.05) is 12.1 Å². The number of hydrogen-bond donors (Lipinski definition) is 0. The van der Waals surface area contributed by atoms with Gasteiger partial charge in [-0.1, -0.05) is 49.6 Å². The number of benzene rings is 2. The summed E-state index contributed by atoms with van der Waals surface area (Å²) in [4.78, 5) is 31.4. The summed E-state index contributed by atoms with van der Waals surface area (Å²) < 4.78 is 7.41. The summed E-state index contributed by atoms with van der Waals surface area (Å²) in [6.45, 7) is 2.25. The fraction of sp³-hybridized carbons (Fsp3) is 0.455. The number of piperazine rings is 1. The van der Waals surface area contributed by atoms with Crippen molar-refractivity contribution in [3.63, 3.8) is 0 Å². The molecular formula is C33H37N3O3. The molecule has 2 bridgehead atoms. The van der Waals surface area contributed by atoms with Gasteiger partial charge in [0.15, 0.2) is 0 Å². The number of carbonyl (C=O) groups excluding carboxylic acids is 2. The lowest BCUT2D eigenvalue weighted by Gasteiger charge is -2.50. The summed E-state index contributed by atoms with van der Waals surface area (Å²) in [6, 6.07) is 15.2. The number of rotatable bonds is 3. The molecule has 5 aliphatic rings. The second-order valence-corrected chi connectivity index (χ2v) is 11.9. The maximum absolute atomic E-state index is 14.2. The number of ether oxygens (including phenoxy) is 1. The molecule has 202 valence electrons. The molecule has 4 fully saturated rings. The highest BCUT2D eigenvalue weighted by Crippen LogP contribution is 2.46. The van der Waals surface area contributed by atoms with Gasteiger partial charge in [-0.15, -0.1) is 0 Å². The Morgan fingerprint density at radius 1 is 0.923 bits per heavy atom. The van der Waals surface area contributed by atoms with Crippen molar-refractivity contribution in [1.29, 1.82) is 0 Å². The fourth-order valence-electron chi connectivity index (χ4n) is 7.72. The summed E-state index contributed by atoms with van der Waals surface area (Å²) in [5, 5.41) is 1.20. The molecule has 1 aromatic heterocycles. The third-order valence-corrected chi connectivity index (χ3v) is 9.75. The Kier molecular flexibility index (Phi) is 6.11. The summed E-state index contributed by atoms with van der Waals surface area (Å²) in [5.74, 6) is 0.298. The van der Waals surface area contributed by atoms with Crippen LogP contribution in [0.15, 0.2) is 48.0 Å². The van der Waals surface area contributed by atoms with Gasteiger partial charge in [-0.25, -0.2) is 4.79 Å². The van der Waals surface area contributed by atoms with Gasteiger partial charge in [0.05, 0.1) is 24.9 Å². The maximum Gasteiger partial charge on any atom is 0.337 e. The zero-order valence-electron chi connectivity index (χ0n) is 23.0. The highest BCUT2D eigenvalue weighted by atomic mass is 16.5. The number of methoxy groups -OCH3 is 1. The molecule has 0 spiro atoms. The van der Waals surface area contributed by atoms with Crippen LogP contribution < -0.4 is 0 Å². The number of carbonyl (C=O) groups is 2. The van der Waals surface area contributed by atoms with Crippen LogP contribution in [0.5, 0.6) is 0 Å². The van der Waals surface area contributed by atoms with Crippen molar-refractivity contribution in [2.24, 2.45) is 0 Å². The standard InChI is InChI=1S/C33H37N3O3/c1-34-19-26-14-13-25(34)20-35(26)32(37)24-16-22-10-6-7-11-27(22)31-30(21-8-4-3-5-9-21)28-15-12-23(33(38)39-2)17-29(28)36(31)18-24/h6-7,10-12,15-17,21,25-26H,3-5,8-9,13-14,18-20H2,1-2H3. The molecule has 6 heteroatoms. The molecular weight excluding hydrogens is 486 g/mol. The fourth-order valence-corrected chi connectivity index (χ4v) is 7.72. The van der Waals surface area contributed by atoms with Gasteiger partial charge < -0.3 is 14.2 Å². The Hall–Kier alpha value is -3.38. The second-order valence-electron chi connectivity index (χ2n) is 11.9. The van der Waals surface area contributed by atoms with Gasteiger partial charge in [0, 0.05) is 47.2 Å². The first-order valence-corrected chi connectivity index (χ1v) is 14.6. The lowest BCUT2D eigenvalue weighted by atomic mass is 9.81.